The molecule has 2 rings (SSSR count). The first-order valence-electron chi connectivity index (χ1n) is 6.25. The summed E-state index contributed by atoms with van der Waals surface area (Å²) in [6.07, 6.45) is 2.99. The maximum Gasteiger partial charge on any atom is 0.217 e. The van der Waals surface area contributed by atoms with Crippen molar-refractivity contribution in [2.24, 2.45) is 0 Å². The number of nitrogens with one attached hydrogen (secondary N) is 2. The zero-order valence-corrected chi connectivity index (χ0v) is 10.8. The molecule has 1 unspecified atom stereocenters. The van der Waals surface area contributed by atoms with E-state index in [1.807, 2.05) is 19.1 Å². The van der Waals surface area contributed by atoms with Crippen molar-refractivity contribution in [3.05, 3.63) is 23.9 Å². The zero-order valence-electron chi connectivity index (χ0n) is 10.8. The summed E-state index contributed by atoms with van der Waals surface area (Å²) in [6, 6.07) is 3.76. The molecule has 1 saturated heterocycles. The van der Waals surface area contributed by atoms with Crippen molar-refractivity contribution in [2.45, 2.75) is 32.4 Å². The lowest BCUT2D eigenvalue weighted by Gasteiger charge is -2.14. The SMILES string of the molecule is CC(=O)NC(C)c1ccc(O[C@@H]2CCNC2)nc1. The molecule has 1 aromatic rings. The van der Waals surface area contributed by atoms with Crippen LogP contribution in [0.5, 0.6) is 5.88 Å². The molecule has 1 aliphatic rings. The van der Waals surface area contributed by atoms with E-state index in [1.165, 1.54) is 6.92 Å². The lowest BCUT2D eigenvalue weighted by atomic mass is 10.1. The maximum absolute atomic E-state index is 11.0. The first kappa shape index (κ1) is 12.8. The van der Waals surface area contributed by atoms with Gasteiger partial charge >= 0.3 is 0 Å². The molecule has 5 nitrogen and oxygen atoms in total. The Bertz CT molecular complexity index is 399. The van der Waals surface area contributed by atoms with Crippen LogP contribution in [-0.2, 0) is 4.79 Å². The van der Waals surface area contributed by atoms with E-state index in [0.717, 1.165) is 25.1 Å². The first-order valence-corrected chi connectivity index (χ1v) is 6.25. The normalized spacial score (nSPS) is 20.4. The summed E-state index contributed by atoms with van der Waals surface area (Å²) >= 11 is 0. The Hall–Kier alpha value is -1.62. The van der Waals surface area contributed by atoms with E-state index in [0.29, 0.717) is 5.88 Å². The third-order valence-electron chi connectivity index (χ3n) is 2.98. The van der Waals surface area contributed by atoms with Crippen molar-refractivity contribution >= 4 is 5.91 Å². The minimum absolute atomic E-state index is 0.0304. The van der Waals surface area contributed by atoms with Gasteiger partial charge in [0.1, 0.15) is 6.10 Å². The van der Waals surface area contributed by atoms with Crippen LogP contribution >= 0.6 is 0 Å². The number of pyridine rings is 1. The lowest BCUT2D eigenvalue weighted by Crippen LogP contribution is -2.24. The second kappa shape index (κ2) is 5.82. The van der Waals surface area contributed by atoms with Crippen molar-refractivity contribution in [2.75, 3.05) is 13.1 Å². The van der Waals surface area contributed by atoms with Gasteiger partial charge in [0.05, 0.1) is 6.04 Å². The highest BCUT2D eigenvalue weighted by Gasteiger charge is 2.16. The summed E-state index contributed by atoms with van der Waals surface area (Å²) in [5, 5.41) is 6.07. The molecular weight excluding hydrogens is 230 g/mol. The van der Waals surface area contributed by atoms with Crippen LogP contribution in [0.4, 0.5) is 0 Å². The Kier molecular flexibility index (Phi) is 4.15. The molecule has 1 amide bonds. The molecule has 0 saturated carbocycles. The molecule has 18 heavy (non-hydrogen) atoms. The Morgan fingerprint density at radius 3 is 3.00 bits per heavy atom. The first-order chi connectivity index (χ1) is 8.65. The predicted octanol–water partition coefficient (Wildman–Crippen LogP) is 1.02. The number of hydrogen-bond acceptors (Lipinski definition) is 4. The van der Waals surface area contributed by atoms with E-state index in [9.17, 15) is 4.79 Å². The molecule has 1 fully saturated rings. The van der Waals surface area contributed by atoms with Gasteiger partial charge < -0.3 is 15.4 Å². The highest BCUT2D eigenvalue weighted by molar-refractivity contribution is 5.73. The van der Waals surface area contributed by atoms with Gasteiger partial charge in [0.15, 0.2) is 0 Å². The van der Waals surface area contributed by atoms with Crippen LogP contribution in [-0.4, -0.2) is 30.1 Å². The molecular formula is C13H19N3O2. The summed E-state index contributed by atoms with van der Waals surface area (Å²) in [5.74, 6) is 0.599. The van der Waals surface area contributed by atoms with E-state index < -0.39 is 0 Å². The zero-order chi connectivity index (χ0) is 13.0. The van der Waals surface area contributed by atoms with Crippen LogP contribution in [0.25, 0.3) is 0 Å². The third-order valence-corrected chi connectivity index (χ3v) is 2.98. The average molecular weight is 249 g/mol. The van der Waals surface area contributed by atoms with Gasteiger partial charge in [0.2, 0.25) is 11.8 Å². The van der Waals surface area contributed by atoms with Crippen LogP contribution in [0.3, 0.4) is 0 Å². The number of hydrogen-bond donors (Lipinski definition) is 2. The van der Waals surface area contributed by atoms with Gasteiger partial charge in [0, 0.05) is 25.7 Å². The summed E-state index contributed by atoms with van der Waals surface area (Å²) in [6.45, 7) is 5.32. The molecule has 5 heteroatoms. The van der Waals surface area contributed by atoms with E-state index in [4.69, 9.17) is 4.74 Å². The summed E-state index contributed by atoms with van der Waals surface area (Å²) in [7, 11) is 0. The van der Waals surface area contributed by atoms with Crippen molar-refractivity contribution in [3.63, 3.8) is 0 Å². The van der Waals surface area contributed by atoms with Gasteiger partial charge in [-0.2, -0.15) is 0 Å². The van der Waals surface area contributed by atoms with E-state index >= 15 is 0 Å². The second-order valence-electron chi connectivity index (χ2n) is 4.58. The van der Waals surface area contributed by atoms with Crippen molar-refractivity contribution in [1.82, 2.24) is 15.6 Å². The van der Waals surface area contributed by atoms with Crippen molar-refractivity contribution < 1.29 is 9.53 Å². The lowest BCUT2D eigenvalue weighted by molar-refractivity contribution is -0.119. The van der Waals surface area contributed by atoms with Crippen molar-refractivity contribution in [3.8, 4) is 5.88 Å². The van der Waals surface area contributed by atoms with Gasteiger partial charge in [-0.05, 0) is 25.5 Å². The number of carbonyl (C=O) groups is 1. The van der Waals surface area contributed by atoms with Crippen LogP contribution < -0.4 is 15.4 Å². The Morgan fingerprint density at radius 2 is 2.44 bits per heavy atom. The molecule has 2 N–H and O–H groups in total. The minimum Gasteiger partial charge on any atom is -0.473 e. The largest absolute Gasteiger partial charge is 0.473 e. The average Bonchev–Trinajstić information content (AvgIpc) is 2.82. The van der Waals surface area contributed by atoms with Gasteiger partial charge in [-0.15, -0.1) is 0 Å². The third kappa shape index (κ3) is 3.43. The smallest absolute Gasteiger partial charge is 0.217 e. The molecule has 1 aliphatic heterocycles. The number of rotatable bonds is 4. The fraction of sp³-hybridized carbons (Fsp3) is 0.538. The van der Waals surface area contributed by atoms with E-state index in [-0.39, 0.29) is 18.1 Å². The molecule has 2 heterocycles. The van der Waals surface area contributed by atoms with Gasteiger partial charge in [-0.3, -0.25) is 4.79 Å². The number of aromatic nitrogens is 1. The van der Waals surface area contributed by atoms with Crippen molar-refractivity contribution in [1.29, 1.82) is 0 Å². The molecule has 0 aliphatic carbocycles. The number of nitrogens with zero attached hydrogens (tertiary/aromatic N) is 1. The van der Waals surface area contributed by atoms with E-state index in [1.54, 1.807) is 6.20 Å². The highest BCUT2D eigenvalue weighted by atomic mass is 16.5. The highest BCUT2D eigenvalue weighted by Crippen LogP contribution is 2.16. The molecule has 0 radical (unpaired) electrons. The van der Waals surface area contributed by atoms with Crippen LogP contribution in [0.15, 0.2) is 18.3 Å². The van der Waals surface area contributed by atoms with Crippen LogP contribution in [0, 0.1) is 0 Å². The molecule has 0 aromatic carbocycles. The molecule has 98 valence electrons. The number of carbonyl (C=O) groups excluding carboxylic acids is 1. The van der Waals surface area contributed by atoms with Crippen LogP contribution in [0.2, 0.25) is 0 Å². The fourth-order valence-electron chi connectivity index (χ4n) is 2.01. The Morgan fingerprint density at radius 1 is 1.61 bits per heavy atom. The minimum atomic E-state index is -0.0418. The molecule has 1 aromatic heterocycles. The quantitative estimate of drug-likeness (QED) is 0.836. The summed E-state index contributed by atoms with van der Waals surface area (Å²) in [5.41, 5.74) is 0.974. The van der Waals surface area contributed by atoms with Gasteiger partial charge in [-0.25, -0.2) is 4.98 Å². The monoisotopic (exact) mass is 249 g/mol. The van der Waals surface area contributed by atoms with Gasteiger partial charge in [-0.1, -0.05) is 6.07 Å². The second-order valence-corrected chi connectivity index (χ2v) is 4.58. The molecule has 2 atom stereocenters. The summed E-state index contributed by atoms with van der Waals surface area (Å²) in [4.78, 5) is 15.2. The fourth-order valence-corrected chi connectivity index (χ4v) is 2.01. The van der Waals surface area contributed by atoms with Crippen LogP contribution in [0.1, 0.15) is 31.9 Å². The topological polar surface area (TPSA) is 63.2 Å². The molecule has 0 spiro atoms. The standard InChI is InChI=1S/C13H19N3O2/c1-9(16-10(2)17)11-3-4-13(15-7-11)18-12-5-6-14-8-12/h3-4,7,9,12,14H,5-6,8H2,1-2H3,(H,16,17)/t9?,12-/m1/s1. The Balaban J connectivity index is 1.94. The summed E-state index contributed by atoms with van der Waals surface area (Å²) < 4.78 is 5.73. The van der Waals surface area contributed by atoms with Gasteiger partial charge in [0.25, 0.3) is 0 Å². The maximum atomic E-state index is 11.0. The molecule has 0 bridgehead atoms. The Labute approximate surface area is 107 Å². The predicted molar refractivity (Wildman–Crippen MR) is 68.4 cm³/mol. The van der Waals surface area contributed by atoms with E-state index in [2.05, 4.69) is 15.6 Å². The number of ether oxygens (including phenoxy) is 1. The number of amides is 1.